The van der Waals surface area contributed by atoms with Crippen LogP contribution in [0.5, 0.6) is 0 Å². The van der Waals surface area contributed by atoms with E-state index in [2.05, 4.69) is 5.32 Å². The van der Waals surface area contributed by atoms with Gasteiger partial charge in [-0.15, -0.1) is 0 Å². The molecule has 35 heavy (non-hydrogen) atoms. The van der Waals surface area contributed by atoms with Crippen LogP contribution < -0.4 is 11.1 Å². The monoisotopic (exact) mass is 486 g/mol. The van der Waals surface area contributed by atoms with Crippen molar-refractivity contribution in [2.45, 2.75) is 84.3 Å². The van der Waals surface area contributed by atoms with E-state index in [1.54, 1.807) is 13.8 Å². The van der Waals surface area contributed by atoms with Gasteiger partial charge >= 0.3 is 0 Å². The molecule has 1 fully saturated rings. The number of aliphatic hydroxyl groups excluding tert-OH is 1. The van der Waals surface area contributed by atoms with Crippen LogP contribution in [0, 0.1) is 23.7 Å². The summed E-state index contributed by atoms with van der Waals surface area (Å²) in [4.78, 5) is 51.3. The smallest absolute Gasteiger partial charge is 0.226 e. The highest BCUT2D eigenvalue weighted by Gasteiger charge is 2.35. The molecule has 0 spiro atoms. The lowest BCUT2D eigenvalue weighted by Gasteiger charge is -2.29. The van der Waals surface area contributed by atoms with E-state index in [9.17, 15) is 24.3 Å². The van der Waals surface area contributed by atoms with Gasteiger partial charge in [0.15, 0.2) is 5.78 Å². The minimum atomic E-state index is -1.04. The van der Waals surface area contributed by atoms with Gasteiger partial charge in [-0.05, 0) is 51.1 Å². The van der Waals surface area contributed by atoms with Gasteiger partial charge in [-0.25, -0.2) is 0 Å². The summed E-state index contributed by atoms with van der Waals surface area (Å²) >= 11 is 0. The first-order chi connectivity index (χ1) is 16.6. The summed E-state index contributed by atoms with van der Waals surface area (Å²) < 4.78 is 0. The fourth-order valence-corrected chi connectivity index (χ4v) is 4.89. The second-order valence-electron chi connectivity index (χ2n) is 10.2. The standard InChI is InChI=1S/C28H42N2O5/c1-18(2)27(34)24(14-15-29)30-28(35)23(19(3)31)17-26(33)22-11-7-10-21(16-22)25(32)13-12-20-8-5-4-6-9-20/h4-6,8-9,18-19,21-24,31H,7,10-17,29H2,1-3H3,(H,30,35)/t19-,21?,22+,23-,24-/m0/s1. The number of amides is 1. The van der Waals surface area contributed by atoms with Crippen LogP contribution >= 0.6 is 0 Å². The number of ketones is 3. The Hall–Kier alpha value is -2.38. The van der Waals surface area contributed by atoms with Crippen molar-refractivity contribution in [1.82, 2.24) is 5.32 Å². The molecular formula is C28H42N2O5. The van der Waals surface area contributed by atoms with Gasteiger partial charge in [-0.2, -0.15) is 0 Å². The highest BCUT2D eigenvalue weighted by atomic mass is 16.3. The Kier molecular flexibility index (Phi) is 11.7. The average molecular weight is 487 g/mol. The highest BCUT2D eigenvalue weighted by Crippen LogP contribution is 2.33. The van der Waals surface area contributed by atoms with E-state index in [1.807, 2.05) is 30.3 Å². The average Bonchev–Trinajstić information content (AvgIpc) is 2.85. The molecule has 1 saturated carbocycles. The Morgan fingerprint density at radius 2 is 1.66 bits per heavy atom. The molecule has 1 amide bonds. The van der Waals surface area contributed by atoms with E-state index < -0.39 is 24.0 Å². The lowest BCUT2D eigenvalue weighted by atomic mass is 9.75. The zero-order valence-corrected chi connectivity index (χ0v) is 21.4. The predicted molar refractivity (Wildman–Crippen MR) is 135 cm³/mol. The van der Waals surface area contributed by atoms with Crippen molar-refractivity contribution >= 4 is 23.3 Å². The fraction of sp³-hybridized carbons (Fsp3) is 0.643. The van der Waals surface area contributed by atoms with Gasteiger partial charge in [0.1, 0.15) is 11.6 Å². The van der Waals surface area contributed by atoms with E-state index >= 15 is 0 Å². The van der Waals surface area contributed by atoms with Crippen LogP contribution in [0.3, 0.4) is 0 Å². The van der Waals surface area contributed by atoms with Crippen LogP contribution in [-0.4, -0.2) is 47.1 Å². The normalized spacial score (nSPS) is 20.6. The van der Waals surface area contributed by atoms with Gasteiger partial charge in [0.2, 0.25) is 5.91 Å². The third kappa shape index (κ3) is 8.97. The minimum absolute atomic E-state index is 0.0998. The molecule has 1 aliphatic carbocycles. The van der Waals surface area contributed by atoms with Crippen LogP contribution in [0.25, 0.3) is 0 Å². The van der Waals surface area contributed by atoms with Crippen LogP contribution in [0.15, 0.2) is 30.3 Å². The summed E-state index contributed by atoms with van der Waals surface area (Å²) in [5.41, 5.74) is 6.74. The molecule has 1 aromatic carbocycles. The topological polar surface area (TPSA) is 127 Å². The molecule has 0 aliphatic heterocycles. The molecule has 7 nitrogen and oxygen atoms in total. The Labute approximate surface area is 209 Å². The number of aliphatic hydroxyl groups is 1. The fourth-order valence-electron chi connectivity index (χ4n) is 4.89. The molecule has 0 saturated heterocycles. The number of nitrogens with one attached hydrogen (secondary N) is 1. The van der Waals surface area contributed by atoms with Gasteiger partial charge in [0.25, 0.3) is 0 Å². The number of carbonyl (C=O) groups is 4. The van der Waals surface area contributed by atoms with E-state index in [-0.39, 0.29) is 48.1 Å². The minimum Gasteiger partial charge on any atom is -0.393 e. The van der Waals surface area contributed by atoms with Gasteiger partial charge < -0.3 is 16.2 Å². The van der Waals surface area contributed by atoms with Crippen molar-refractivity contribution in [3.8, 4) is 0 Å². The Morgan fingerprint density at radius 1 is 1.03 bits per heavy atom. The summed E-state index contributed by atoms with van der Waals surface area (Å²) in [6.07, 6.45) is 3.08. The van der Waals surface area contributed by atoms with E-state index in [4.69, 9.17) is 5.73 Å². The molecule has 4 N–H and O–H groups in total. The maximum Gasteiger partial charge on any atom is 0.226 e. The number of hydrogen-bond acceptors (Lipinski definition) is 6. The molecular weight excluding hydrogens is 444 g/mol. The molecule has 1 unspecified atom stereocenters. The Balaban J connectivity index is 1.96. The summed E-state index contributed by atoms with van der Waals surface area (Å²) in [5.74, 6) is -2.19. The maximum absolute atomic E-state index is 13.1. The SMILES string of the molecule is CC(C)C(=O)[C@H](CCN)NC(=O)[C@@H](CC(=O)[C@@H]1CCCC(C(=O)CCc2ccccc2)C1)[C@H](C)O. The first-order valence-corrected chi connectivity index (χ1v) is 13.0. The number of hydrogen-bond donors (Lipinski definition) is 3. The van der Waals surface area contributed by atoms with Crippen LogP contribution in [0.4, 0.5) is 0 Å². The van der Waals surface area contributed by atoms with Crippen molar-refractivity contribution in [3.63, 3.8) is 0 Å². The van der Waals surface area contributed by atoms with Crippen molar-refractivity contribution in [2.24, 2.45) is 29.4 Å². The number of rotatable bonds is 14. The quantitative estimate of drug-likeness (QED) is 0.371. The molecule has 7 heteroatoms. The lowest BCUT2D eigenvalue weighted by Crippen LogP contribution is -2.48. The molecule has 5 atom stereocenters. The van der Waals surface area contributed by atoms with E-state index in [0.717, 1.165) is 18.4 Å². The van der Waals surface area contributed by atoms with Crippen LogP contribution in [0.2, 0.25) is 0 Å². The molecule has 0 aromatic heterocycles. The number of benzene rings is 1. The van der Waals surface area contributed by atoms with E-state index in [0.29, 0.717) is 32.1 Å². The van der Waals surface area contributed by atoms with Crippen molar-refractivity contribution in [2.75, 3.05) is 6.54 Å². The van der Waals surface area contributed by atoms with E-state index in [1.165, 1.54) is 6.92 Å². The van der Waals surface area contributed by atoms with Crippen molar-refractivity contribution < 1.29 is 24.3 Å². The Morgan fingerprint density at radius 3 is 2.23 bits per heavy atom. The zero-order chi connectivity index (χ0) is 26.0. The summed E-state index contributed by atoms with van der Waals surface area (Å²) in [7, 11) is 0. The number of carbonyl (C=O) groups excluding carboxylic acids is 4. The summed E-state index contributed by atoms with van der Waals surface area (Å²) in [5, 5.41) is 13.0. The molecule has 0 radical (unpaired) electrons. The number of Topliss-reactive ketones (excluding diaryl/α,β-unsaturated/α-hetero) is 3. The van der Waals surface area contributed by atoms with Crippen molar-refractivity contribution in [3.05, 3.63) is 35.9 Å². The molecule has 0 heterocycles. The second-order valence-corrected chi connectivity index (χ2v) is 10.2. The largest absolute Gasteiger partial charge is 0.393 e. The first kappa shape index (κ1) is 28.9. The molecule has 0 bridgehead atoms. The third-order valence-corrected chi connectivity index (χ3v) is 7.11. The van der Waals surface area contributed by atoms with Crippen molar-refractivity contribution in [1.29, 1.82) is 0 Å². The second kappa shape index (κ2) is 14.2. The number of nitrogens with two attached hydrogens (primary N) is 1. The van der Waals surface area contributed by atoms with Gasteiger partial charge in [0.05, 0.1) is 18.1 Å². The molecule has 2 rings (SSSR count). The lowest BCUT2D eigenvalue weighted by molar-refractivity contribution is -0.137. The third-order valence-electron chi connectivity index (χ3n) is 7.11. The number of aryl methyl sites for hydroxylation is 1. The van der Waals surface area contributed by atoms with Gasteiger partial charge in [-0.1, -0.05) is 50.6 Å². The van der Waals surface area contributed by atoms with Gasteiger partial charge in [-0.3, -0.25) is 19.2 Å². The molecule has 194 valence electrons. The first-order valence-electron chi connectivity index (χ1n) is 13.0. The zero-order valence-electron chi connectivity index (χ0n) is 21.4. The predicted octanol–water partition coefficient (Wildman–Crippen LogP) is 3.01. The van der Waals surface area contributed by atoms with Crippen LogP contribution in [0.1, 0.15) is 71.3 Å². The summed E-state index contributed by atoms with van der Waals surface area (Å²) in [6, 6.07) is 9.15. The molecule has 1 aliphatic rings. The summed E-state index contributed by atoms with van der Waals surface area (Å²) in [6.45, 7) is 5.24. The molecule has 1 aromatic rings. The highest BCUT2D eigenvalue weighted by molar-refractivity contribution is 5.93. The van der Waals surface area contributed by atoms with Crippen LogP contribution in [-0.2, 0) is 25.6 Å². The maximum atomic E-state index is 13.1. The Bertz CT molecular complexity index is 852. The van der Waals surface area contributed by atoms with Gasteiger partial charge in [0, 0.05) is 30.6 Å².